The maximum atomic E-state index is 5.97. The lowest BCUT2D eigenvalue weighted by molar-refractivity contribution is 1.32. The van der Waals surface area contributed by atoms with E-state index >= 15 is 0 Å². The van der Waals surface area contributed by atoms with Gasteiger partial charge in [0.1, 0.15) is 5.82 Å². The molecular weight excluding hydrogens is 220 g/mol. The molecule has 0 unspecified atom stereocenters. The van der Waals surface area contributed by atoms with Gasteiger partial charge in [0.2, 0.25) is 0 Å². The Morgan fingerprint density at radius 1 is 1.06 bits per heavy atom. The van der Waals surface area contributed by atoms with E-state index in [1.807, 2.05) is 30.3 Å². The molecule has 0 aliphatic carbocycles. The number of nitrogens with two attached hydrogens (primary N) is 1. The summed E-state index contributed by atoms with van der Waals surface area (Å²) in [6, 6.07) is 11.3. The normalized spacial score (nSPS) is 9.31. The zero-order chi connectivity index (χ0) is 11.4. The first kappa shape index (κ1) is 10.5. The first-order chi connectivity index (χ1) is 7.77. The van der Waals surface area contributed by atoms with Gasteiger partial charge in [0.25, 0.3) is 0 Å². The van der Waals surface area contributed by atoms with E-state index in [1.165, 1.54) is 0 Å². The molecule has 0 fully saturated rings. The number of nitrogen functional groups attached to an aromatic ring is 1. The molecule has 16 heavy (non-hydrogen) atoms. The smallest absolute Gasteiger partial charge is 0.140 e. The third kappa shape index (κ3) is 2.33. The Morgan fingerprint density at radius 3 is 2.50 bits per heavy atom. The summed E-state index contributed by atoms with van der Waals surface area (Å²) in [6.45, 7) is 0. The van der Waals surface area contributed by atoms with E-state index in [4.69, 9.17) is 17.3 Å². The summed E-state index contributed by atoms with van der Waals surface area (Å²) in [5.41, 5.74) is 7.18. The van der Waals surface area contributed by atoms with Crippen molar-refractivity contribution in [3.63, 3.8) is 0 Å². The minimum atomic E-state index is 0.357. The Labute approximate surface area is 99.1 Å². The van der Waals surface area contributed by atoms with Gasteiger partial charge < -0.3 is 5.73 Å². The fourth-order valence-electron chi connectivity index (χ4n) is 1.23. The maximum Gasteiger partial charge on any atom is 0.140 e. The molecule has 0 aliphatic rings. The number of halogens is 1. The number of anilines is 1. The molecule has 0 saturated heterocycles. The van der Waals surface area contributed by atoms with Crippen LogP contribution in [-0.4, -0.2) is 4.98 Å². The molecule has 3 heteroatoms. The second kappa shape index (κ2) is 4.69. The minimum Gasteiger partial charge on any atom is -0.383 e. The molecule has 0 spiro atoms. The lowest BCUT2D eigenvalue weighted by atomic mass is 10.2. The van der Waals surface area contributed by atoms with Gasteiger partial charge in [-0.1, -0.05) is 41.6 Å². The van der Waals surface area contributed by atoms with Gasteiger partial charge >= 0.3 is 0 Å². The molecule has 1 aromatic carbocycles. The van der Waals surface area contributed by atoms with Crippen LogP contribution in [0.3, 0.4) is 0 Å². The summed E-state index contributed by atoms with van der Waals surface area (Å²) in [7, 11) is 0. The highest BCUT2D eigenvalue weighted by molar-refractivity contribution is 6.32. The molecule has 78 valence electrons. The van der Waals surface area contributed by atoms with Crippen LogP contribution in [0.5, 0.6) is 0 Å². The average molecular weight is 229 g/mol. The summed E-state index contributed by atoms with van der Waals surface area (Å²) >= 11 is 5.97. The summed E-state index contributed by atoms with van der Waals surface area (Å²) < 4.78 is 0. The number of rotatable bonds is 0. The Morgan fingerprint density at radius 2 is 1.81 bits per heavy atom. The Balaban J connectivity index is 2.39. The lowest BCUT2D eigenvalue weighted by Crippen LogP contribution is -1.94. The number of pyridine rings is 1. The van der Waals surface area contributed by atoms with E-state index in [0.29, 0.717) is 16.4 Å². The monoisotopic (exact) mass is 228 g/mol. The standard InChI is InChI=1S/C13H9ClN2/c14-12-8-9-16-13(15)11(12)7-6-10-4-2-1-3-5-10/h1-5,8-9H,(H2,15,16). The van der Waals surface area contributed by atoms with Gasteiger partial charge in [0, 0.05) is 11.8 Å². The van der Waals surface area contributed by atoms with Crippen molar-refractivity contribution in [2.45, 2.75) is 0 Å². The van der Waals surface area contributed by atoms with Gasteiger partial charge in [0.15, 0.2) is 0 Å². The third-order valence-corrected chi connectivity index (χ3v) is 2.35. The van der Waals surface area contributed by atoms with Crippen LogP contribution in [0.4, 0.5) is 5.82 Å². The molecule has 1 heterocycles. The molecule has 0 amide bonds. The summed E-state index contributed by atoms with van der Waals surface area (Å²) in [5, 5.41) is 0.524. The Bertz CT molecular complexity index is 533. The summed E-state index contributed by atoms with van der Waals surface area (Å²) in [6.07, 6.45) is 1.56. The van der Waals surface area contributed by atoms with E-state index < -0.39 is 0 Å². The fourth-order valence-corrected chi connectivity index (χ4v) is 1.43. The lowest BCUT2D eigenvalue weighted by Gasteiger charge is -1.98. The van der Waals surface area contributed by atoms with Crippen molar-refractivity contribution in [3.05, 3.63) is 58.7 Å². The SMILES string of the molecule is Nc1nccc(Cl)c1C#Cc1ccccc1. The highest BCUT2D eigenvalue weighted by atomic mass is 35.5. The molecule has 2 nitrogen and oxygen atoms in total. The molecule has 2 aromatic rings. The van der Waals surface area contributed by atoms with Crippen LogP contribution in [0.25, 0.3) is 0 Å². The number of benzene rings is 1. The van der Waals surface area contributed by atoms with E-state index in [9.17, 15) is 0 Å². The number of hydrogen-bond acceptors (Lipinski definition) is 2. The molecule has 0 atom stereocenters. The van der Waals surface area contributed by atoms with Gasteiger partial charge in [-0.2, -0.15) is 0 Å². The number of hydrogen-bond donors (Lipinski definition) is 1. The summed E-state index contributed by atoms with van der Waals surface area (Å²) in [5.74, 6) is 6.27. The highest BCUT2D eigenvalue weighted by Crippen LogP contribution is 2.18. The van der Waals surface area contributed by atoms with Crippen LogP contribution in [0.1, 0.15) is 11.1 Å². The Kier molecular flexibility index (Phi) is 3.09. The molecule has 1 aromatic heterocycles. The maximum absolute atomic E-state index is 5.97. The van der Waals surface area contributed by atoms with Crippen molar-refractivity contribution < 1.29 is 0 Å². The van der Waals surface area contributed by atoms with E-state index in [2.05, 4.69) is 16.8 Å². The number of nitrogens with zero attached hydrogens (tertiary/aromatic N) is 1. The van der Waals surface area contributed by atoms with Gasteiger partial charge in [-0.15, -0.1) is 0 Å². The first-order valence-electron chi connectivity index (χ1n) is 4.74. The van der Waals surface area contributed by atoms with Crippen LogP contribution < -0.4 is 5.73 Å². The largest absolute Gasteiger partial charge is 0.383 e. The van der Waals surface area contributed by atoms with Crippen molar-refractivity contribution in [3.8, 4) is 11.8 Å². The molecule has 0 radical (unpaired) electrons. The zero-order valence-corrected chi connectivity index (χ0v) is 9.20. The quantitative estimate of drug-likeness (QED) is 0.705. The van der Waals surface area contributed by atoms with Gasteiger partial charge in [-0.25, -0.2) is 4.98 Å². The van der Waals surface area contributed by atoms with Crippen molar-refractivity contribution in [2.24, 2.45) is 0 Å². The van der Waals surface area contributed by atoms with Gasteiger partial charge in [-0.05, 0) is 18.2 Å². The van der Waals surface area contributed by atoms with Crippen LogP contribution in [0.15, 0.2) is 42.6 Å². The predicted molar refractivity (Wildman–Crippen MR) is 66.1 cm³/mol. The molecule has 2 N–H and O–H groups in total. The zero-order valence-electron chi connectivity index (χ0n) is 8.44. The molecule has 0 bridgehead atoms. The van der Waals surface area contributed by atoms with Gasteiger partial charge in [-0.3, -0.25) is 0 Å². The van der Waals surface area contributed by atoms with Crippen molar-refractivity contribution in [1.29, 1.82) is 0 Å². The summed E-state index contributed by atoms with van der Waals surface area (Å²) in [4.78, 5) is 3.94. The molecule has 0 saturated carbocycles. The number of aromatic nitrogens is 1. The van der Waals surface area contributed by atoms with E-state index in [1.54, 1.807) is 12.3 Å². The van der Waals surface area contributed by atoms with Crippen molar-refractivity contribution in [2.75, 3.05) is 5.73 Å². The first-order valence-corrected chi connectivity index (χ1v) is 5.12. The van der Waals surface area contributed by atoms with Crippen molar-refractivity contribution >= 4 is 17.4 Å². The second-order valence-electron chi connectivity index (χ2n) is 3.17. The van der Waals surface area contributed by atoms with Crippen LogP contribution in [0.2, 0.25) is 5.02 Å². The minimum absolute atomic E-state index is 0.357. The average Bonchev–Trinajstić information content (AvgIpc) is 2.30. The van der Waals surface area contributed by atoms with Crippen molar-refractivity contribution in [1.82, 2.24) is 4.98 Å². The molecular formula is C13H9ClN2. The van der Waals surface area contributed by atoms with Crippen LogP contribution in [-0.2, 0) is 0 Å². The Hall–Kier alpha value is -1.98. The topological polar surface area (TPSA) is 38.9 Å². The van der Waals surface area contributed by atoms with E-state index in [0.717, 1.165) is 5.56 Å². The third-order valence-electron chi connectivity index (χ3n) is 2.04. The van der Waals surface area contributed by atoms with Crippen LogP contribution >= 0.6 is 11.6 Å². The highest BCUT2D eigenvalue weighted by Gasteiger charge is 2.01. The fraction of sp³-hybridized carbons (Fsp3) is 0. The van der Waals surface area contributed by atoms with Crippen LogP contribution in [0, 0.1) is 11.8 Å². The predicted octanol–water partition coefficient (Wildman–Crippen LogP) is 2.72. The molecule has 2 rings (SSSR count). The van der Waals surface area contributed by atoms with Gasteiger partial charge in [0.05, 0.1) is 10.6 Å². The van der Waals surface area contributed by atoms with E-state index in [-0.39, 0.29) is 0 Å². The molecule has 0 aliphatic heterocycles. The second-order valence-corrected chi connectivity index (χ2v) is 3.58.